The molecular formula is C12H13FN4O. The summed E-state index contributed by atoms with van der Waals surface area (Å²) in [6, 6.07) is 2.87. The van der Waals surface area contributed by atoms with Crippen molar-refractivity contribution < 1.29 is 8.91 Å². The number of nitrogens with zero attached hydrogens (tertiary/aromatic N) is 3. The summed E-state index contributed by atoms with van der Waals surface area (Å²) in [5.41, 5.74) is 0.519. The molecule has 1 aliphatic rings. The van der Waals surface area contributed by atoms with E-state index in [9.17, 15) is 4.39 Å². The van der Waals surface area contributed by atoms with Gasteiger partial charge in [0.05, 0.1) is 6.20 Å². The van der Waals surface area contributed by atoms with E-state index in [1.54, 1.807) is 6.07 Å². The van der Waals surface area contributed by atoms with E-state index >= 15 is 0 Å². The Morgan fingerprint density at radius 2 is 2.28 bits per heavy atom. The largest absolute Gasteiger partial charge is 0.339 e. The Labute approximate surface area is 103 Å². The van der Waals surface area contributed by atoms with Crippen LogP contribution in [-0.2, 0) is 0 Å². The van der Waals surface area contributed by atoms with E-state index in [-0.39, 0.29) is 11.7 Å². The lowest BCUT2D eigenvalue weighted by Crippen LogP contribution is -2.44. The summed E-state index contributed by atoms with van der Waals surface area (Å²) in [4.78, 5) is 8.25. The Hall–Kier alpha value is -1.82. The van der Waals surface area contributed by atoms with Crippen molar-refractivity contribution in [1.82, 2.24) is 20.4 Å². The van der Waals surface area contributed by atoms with Crippen LogP contribution in [0.4, 0.5) is 4.39 Å². The smallest absolute Gasteiger partial charge is 0.230 e. The first-order valence-electron chi connectivity index (χ1n) is 5.90. The van der Waals surface area contributed by atoms with Crippen molar-refractivity contribution in [2.75, 3.05) is 13.1 Å². The molecule has 6 heteroatoms. The third kappa shape index (κ3) is 1.99. The minimum Gasteiger partial charge on any atom is -0.339 e. The van der Waals surface area contributed by atoms with Gasteiger partial charge in [0.1, 0.15) is 11.5 Å². The van der Waals surface area contributed by atoms with Crippen molar-refractivity contribution in [3.05, 3.63) is 30.0 Å². The molecule has 1 fully saturated rings. The predicted molar refractivity (Wildman–Crippen MR) is 62.3 cm³/mol. The van der Waals surface area contributed by atoms with E-state index in [4.69, 9.17) is 4.52 Å². The lowest BCUT2D eigenvalue weighted by Gasteiger charge is -2.30. The molecule has 0 bridgehead atoms. The number of aromatic nitrogens is 3. The van der Waals surface area contributed by atoms with E-state index in [0.717, 1.165) is 19.3 Å². The maximum Gasteiger partial charge on any atom is 0.230 e. The SMILES string of the molecule is CC(c1nc(-c2ccc(F)cn2)no1)C1CNC1. The zero-order valence-corrected chi connectivity index (χ0v) is 9.93. The molecule has 3 rings (SSSR count). The van der Waals surface area contributed by atoms with Crippen molar-refractivity contribution >= 4 is 0 Å². The fourth-order valence-electron chi connectivity index (χ4n) is 1.90. The van der Waals surface area contributed by atoms with Gasteiger partial charge in [-0.3, -0.25) is 0 Å². The van der Waals surface area contributed by atoms with Crippen LogP contribution in [0.5, 0.6) is 0 Å². The molecule has 0 radical (unpaired) electrons. The number of nitrogens with one attached hydrogen (secondary N) is 1. The normalized spacial score (nSPS) is 17.4. The highest BCUT2D eigenvalue weighted by Crippen LogP contribution is 2.27. The summed E-state index contributed by atoms with van der Waals surface area (Å²) in [6.07, 6.45) is 1.14. The lowest BCUT2D eigenvalue weighted by atomic mass is 9.89. The van der Waals surface area contributed by atoms with Gasteiger partial charge in [-0.05, 0) is 31.1 Å². The summed E-state index contributed by atoms with van der Waals surface area (Å²) in [5.74, 6) is 1.41. The number of halogens is 1. The molecule has 0 amide bonds. The van der Waals surface area contributed by atoms with Crippen molar-refractivity contribution in [3.63, 3.8) is 0 Å². The average molecular weight is 248 g/mol. The van der Waals surface area contributed by atoms with Crippen LogP contribution >= 0.6 is 0 Å². The Morgan fingerprint density at radius 1 is 1.44 bits per heavy atom. The lowest BCUT2D eigenvalue weighted by molar-refractivity contribution is 0.252. The zero-order chi connectivity index (χ0) is 12.5. The van der Waals surface area contributed by atoms with Gasteiger partial charge >= 0.3 is 0 Å². The number of rotatable bonds is 3. The van der Waals surface area contributed by atoms with Crippen LogP contribution in [0.2, 0.25) is 0 Å². The fourth-order valence-corrected chi connectivity index (χ4v) is 1.90. The van der Waals surface area contributed by atoms with Gasteiger partial charge in [0.2, 0.25) is 11.7 Å². The minimum atomic E-state index is -0.378. The zero-order valence-electron chi connectivity index (χ0n) is 9.93. The van der Waals surface area contributed by atoms with Crippen LogP contribution in [0, 0.1) is 11.7 Å². The van der Waals surface area contributed by atoms with Crippen LogP contribution in [0.15, 0.2) is 22.9 Å². The number of pyridine rings is 1. The molecule has 0 aliphatic carbocycles. The van der Waals surface area contributed by atoms with E-state index < -0.39 is 0 Å². The Kier molecular flexibility index (Phi) is 2.79. The minimum absolute atomic E-state index is 0.230. The molecule has 2 aromatic rings. The Bertz CT molecular complexity index is 535. The van der Waals surface area contributed by atoms with Crippen molar-refractivity contribution in [2.24, 2.45) is 5.92 Å². The van der Waals surface area contributed by atoms with E-state index in [1.165, 1.54) is 6.07 Å². The van der Waals surface area contributed by atoms with Gasteiger partial charge < -0.3 is 9.84 Å². The van der Waals surface area contributed by atoms with Crippen molar-refractivity contribution in [1.29, 1.82) is 0 Å². The van der Waals surface area contributed by atoms with Gasteiger partial charge in [0, 0.05) is 5.92 Å². The van der Waals surface area contributed by atoms with E-state index in [1.807, 2.05) is 0 Å². The quantitative estimate of drug-likeness (QED) is 0.893. The third-order valence-corrected chi connectivity index (χ3v) is 3.31. The van der Waals surface area contributed by atoms with Crippen LogP contribution in [-0.4, -0.2) is 28.2 Å². The first-order chi connectivity index (χ1) is 8.74. The monoisotopic (exact) mass is 248 g/mol. The second kappa shape index (κ2) is 4.45. The van der Waals surface area contributed by atoms with Crippen molar-refractivity contribution in [2.45, 2.75) is 12.8 Å². The summed E-state index contributed by atoms with van der Waals surface area (Å²) < 4.78 is 18.0. The molecule has 2 aromatic heterocycles. The molecule has 1 atom stereocenters. The highest BCUT2D eigenvalue weighted by Gasteiger charge is 2.28. The summed E-state index contributed by atoms with van der Waals surface area (Å²) in [7, 11) is 0. The van der Waals surface area contributed by atoms with Crippen LogP contribution in [0.25, 0.3) is 11.5 Å². The van der Waals surface area contributed by atoms with E-state index in [0.29, 0.717) is 23.3 Å². The molecular weight excluding hydrogens is 235 g/mol. The molecule has 1 N–H and O–H groups in total. The maximum atomic E-state index is 12.8. The molecule has 3 heterocycles. The predicted octanol–water partition coefficient (Wildman–Crippen LogP) is 1.59. The number of hydrogen-bond donors (Lipinski definition) is 1. The molecule has 1 unspecified atom stereocenters. The standard InChI is InChI=1S/C12H13FN4O/c1-7(8-4-14-5-8)12-16-11(17-18-12)10-3-2-9(13)6-15-10/h2-3,6-8,14H,4-5H2,1H3. The van der Waals surface area contributed by atoms with Gasteiger partial charge in [-0.2, -0.15) is 4.98 Å². The molecule has 94 valence electrons. The van der Waals surface area contributed by atoms with E-state index in [2.05, 4.69) is 27.4 Å². The topological polar surface area (TPSA) is 63.8 Å². The van der Waals surface area contributed by atoms with Gasteiger partial charge in [-0.25, -0.2) is 9.37 Å². The fraction of sp³-hybridized carbons (Fsp3) is 0.417. The molecule has 0 spiro atoms. The van der Waals surface area contributed by atoms with Gasteiger partial charge in [0.25, 0.3) is 0 Å². The molecule has 5 nitrogen and oxygen atoms in total. The Morgan fingerprint density at radius 3 is 2.89 bits per heavy atom. The first-order valence-corrected chi connectivity index (χ1v) is 5.90. The van der Waals surface area contributed by atoms with Crippen LogP contribution in [0.1, 0.15) is 18.7 Å². The van der Waals surface area contributed by atoms with Crippen molar-refractivity contribution in [3.8, 4) is 11.5 Å². The second-order valence-corrected chi connectivity index (χ2v) is 4.52. The molecule has 18 heavy (non-hydrogen) atoms. The highest BCUT2D eigenvalue weighted by atomic mass is 19.1. The third-order valence-electron chi connectivity index (χ3n) is 3.31. The molecule has 0 saturated carbocycles. The van der Waals surface area contributed by atoms with Gasteiger partial charge in [-0.1, -0.05) is 12.1 Å². The molecule has 1 aliphatic heterocycles. The van der Waals surface area contributed by atoms with Crippen LogP contribution < -0.4 is 5.32 Å². The molecule has 0 aromatic carbocycles. The first kappa shape index (κ1) is 11.3. The number of hydrogen-bond acceptors (Lipinski definition) is 5. The average Bonchev–Trinajstić information content (AvgIpc) is 2.77. The Balaban J connectivity index is 1.82. The maximum absolute atomic E-state index is 12.8. The van der Waals surface area contributed by atoms with Gasteiger partial charge in [-0.15, -0.1) is 0 Å². The summed E-state index contributed by atoms with van der Waals surface area (Å²) >= 11 is 0. The summed E-state index contributed by atoms with van der Waals surface area (Å²) in [6.45, 7) is 4.03. The highest BCUT2D eigenvalue weighted by molar-refractivity contribution is 5.47. The molecule has 1 saturated heterocycles. The van der Waals surface area contributed by atoms with Gasteiger partial charge in [0.15, 0.2) is 0 Å². The second-order valence-electron chi connectivity index (χ2n) is 4.52. The van der Waals surface area contributed by atoms with Crippen LogP contribution in [0.3, 0.4) is 0 Å². The summed E-state index contributed by atoms with van der Waals surface area (Å²) in [5, 5.41) is 7.10.